The van der Waals surface area contributed by atoms with E-state index in [1.165, 1.54) is 0 Å². The van der Waals surface area contributed by atoms with Crippen molar-refractivity contribution in [1.82, 2.24) is 4.98 Å². The van der Waals surface area contributed by atoms with Crippen LogP contribution in [0.3, 0.4) is 0 Å². The molecule has 0 amide bonds. The maximum atomic E-state index is 9.20. The minimum atomic E-state index is -0.527. The van der Waals surface area contributed by atoms with Crippen molar-refractivity contribution in [3.8, 4) is 6.07 Å². The molecule has 0 atom stereocenters. The van der Waals surface area contributed by atoms with Gasteiger partial charge in [0.05, 0.1) is 17.9 Å². The van der Waals surface area contributed by atoms with E-state index in [1.54, 1.807) is 6.20 Å². The van der Waals surface area contributed by atoms with Gasteiger partial charge in [-0.2, -0.15) is 5.26 Å². The third-order valence-corrected chi connectivity index (χ3v) is 2.54. The molecule has 1 heterocycles. The highest BCUT2D eigenvalue weighted by Gasteiger charge is 2.46. The van der Waals surface area contributed by atoms with Gasteiger partial charge in [-0.15, -0.1) is 0 Å². The average Bonchev–Trinajstić information content (AvgIpc) is 2.14. The number of nitrogens with zero attached hydrogens (tertiary/aromatic N) is 2. The van der Waals surface area contributed by atoms with Gasteiger partial charge in [0.1, 0.15) is 5.41 Å². The fourth-order valence-corrected chi connectivity index (χ4v) is 1.75. The van der Waals surface area contributed by atoms with Crippen LogP contribution in [0.5, 0.6) is 0 Å². The summed E-state index contributed by atoms with van der Waals surface area (Å²) in [5, 5.41) is 18.2. The zero-order valence-electron chi connectivity index (χ0n) is 7.14. The highest BCUT2D eigenvalue weighted by Crippen LogP contribution is 2.42. The standard InChI is InChI=1S/C10H10N2O/c11-7-10(5-8(13)6-10)9-3-1-2-4-12-9/h1-4,8,13H,5-6H2/t8-,10+. The van der Waals surface area contributed by atoms with E-state index >= 15 is 0 Å². The lowest BCUT2D eigenvalue weighted by molar-refractivity contribution is 0.0429. The fraction of sp³-hybridized carbons (Fsp3) is 0.400. The Kier molecular flexibility index (Phi) is 1.78. The summed E-state index contributed by atoms with van der Waals surface area (Å²) < 4.78 is 0. The Balaban J connectivity index is 2.31. The predicted molar refractivity (Wildman–Crippen MR) is 46.8 cm³/mol. The molecule has 1 aromatic rings. The van der Waals surface area contributed by atoms with Crippen LogP contribution in [0, 0.1) is 11.3 Å². The molecule has 0 aliphatic heterocycles. The second-order valence-electron chi connectivity index (χ2n) is 3.47. The largest absolute Gasteiger partial charge is 0.393 e. The van der Waals surface area contributed by atoms with Gasteiger partial charge in [-0.3, -0.25) is 4.98 Å². The molecule has 0 saturated heterocycles. The third kappa shape index (κ3) is 1.20. The van der Waals surface area contributed by atoms with Gasteiger partial charge in [0, 0.05) is 6.20 Å². The van der Waals surface area contributed by atoms with Crippen LogP contribution in [0.2, 0.25) is 0 Å². The fourth-order valence-electron chi connectivity index (χ4n) is 1.75. The summed E-state index contributed by atoms with van der Waals surface area (Å²) in [7, 11) is 0. The van der Waals surface area contributed by atoms with Crippen LogP contribution in [0.4, 0.5) is 0 Å². The van der Waals surface area contributed by atoms with Gasteiger partial charge in [-0.05, 0) is 25.0 Å². The second-order valence-corrected chi connectivity index (χ2v) is 3.47. The van der Waals surface area contributed by atoms with Crippen molar-refractivity contribution in [2.45, 2.75) is 24.4 Å². The van der Waals surface area contributed by atoms with E-state index in [1.807, 2.05) is 18.2 Å². The summed E-state index contributed by atoms with van der Waals surface area (Å²) in [5.41, 5.74) is 0.253. The highest BCUT2D eigenvalue weighted by molar-refractivity contribution is 5.31. The van der Waals surface area contributed by atoms with E-state index in [0.29, 0.717) is 12.8 Å². The zero-order chi connectivity index (χ0) is 9.31. The first-order chi connectivity index (χ1) is 6.27. The summed E-state index contributed by atoms with van der Waals surface area (Å²) >= 11 is 0. The molecule has 0 bridgehead atoms. The van der Waals surface area contributed by atoms with Gasteiger partial charge in [-0.25, -0.2) is 0 Å². The number of aromatic nitrogens is 1. The van der Waals surface area contributed by atoms with Crippen LogP contribution in [-0.4, -0.2) is 16.2 Å². The molecule has 1 aromatic heterocycles. The van der Waals surface area contributed by atoms with E-state index in [2.05, 4.69) is 11.1 Å². The Hall–Kier alpha value is -1.40. The number of hydrogen-bond donors (Lipinski definition) is 1. The average molecular weight is 174 g/mol. The molecular formula is C10H10N2O. The lowest BCUT2D eigenvalue weighted by Crippen LogP contribution is -2.43. The topological polar surface area (TPSA) is 56.9 Å². The van der Waals surface area contributed by atoms with Crippen LogP contribution < -0.4 is 0 Å². The molecule has 1 fully saturated rings. The van der Waals surface area contributed by atoms with Crippen molar-refractivity contribution in [3.63, 3.8) is 0 Å². The number of nitriles is 1. The molecule has 1 aliphatic carbocycles. The lowest BCUT2D eigenvalue weighted by Gasteiger charge is -2.38. The lowest BCUT2D eigenvalue weighted by atomic mass is 9.65. The van der Waals surface area contributed by atoms with Crippen molar-refractivity contribution in [2.75, 3.05) is 0 Å². The SMILES string of the molecule is N#C[C@]1(c2ccccn2)C[C@@H](O)C1. The molecule has 0 aromatic carbocycles. The first kappa shape index (κ1) is 8.21. The van der Waals surface area contributed by atoms with Crippen LogP contribution in [-0.2, 0) is 5.41 Å². The molecular weight excluding hydrogens is 164 g/mol. The van der Waals surface area contributed by atoms with Gasteiger partial charge < -0.3 is 5.11 Å². The highest BCUT2D eigenvalue weighted by atomic mass is 16.3. The molecule has 1 aliphatic rings. The Labute approximate surface area is 76.7 Å². The van der Waals surface area contributed by atoms with Crippen LogP contribution in [0.15, 0.2) is 24.4 Å². The molecule has 3 heteroatoms. The zero-order valence-corrected chi connectivity index (χ0v) is 7.14. The predicted octanol–water partition coefficient (Wildman–Crippen LogP) is 0.998. The van der Waals surface area contributed by atoms with E-state index in [-0.39, 0.29) is 6.10 Å². The molecule has 0 radical (unpaired) electrons. The minimum Gasteiger partial charge on any atom is -0.393 e. The van der Waals surface area contributed by atoms with Crippen molar-refractivity contribution in [1.29, 1.82) is 5.26 Å². The molecule has 1 saturated carbocycles. The van der Waals surface area contributed by atoms with E-state index in [4.69, 9.17) is 5.26 Å². The van der Waals surface area contributed by atoms with Gasteiger partial charge in [-0.1, -0.05) is 6.07 Å². The Morgan fingerprint density at radius 3 is 2.77 bits per heavy atom. The van der Waals surface area contributed by atoms with Gasteiger partial charge in [0.25, 0.3) is 0 Å². The summed E-state index contributed by atoms with van der Waals surface area (Å²) in [6.07, 6.45) is 2.38. The third-order valence-electron chi connectivity index (χ3n) is 2.54. The summed E-state index contributed by atoms with van der Waals surface area (Å²) in [6, 6.07) is 7.77. The molecule has 66 valence electrons. The van der Waals surface area contributed by atoms with Crippen molar-refractivity contribution >= 4 is 0 Å². The van der Waals surface area contributed by atoms with E-state index in [9.17, 15) is 5.11 Å². The van der Waals surface area contributed by atoms with Crippen LogP contribution >= 0.6 is 0 Å². The van der Waals surface area contributed by atoms with Gasteiger partial charge in [0.15, 0.2) is 0 Å². The quantitative estimate of drug-likeness (QED) is 0.691. The molecule has 0 spiro atoms. The molecule has 2 rings (SSSR count). The maximum Gasteiger partial charge on any atom is 0.104 e. The summed E-state index contributed by atoms with van der Waals surface area (Å²) in [6.45, 7) is 0. The summed E-state index contributed by atoms with van der Waals surface area (Å²) in [5.74, 6) is 0. The smallest absolute Gasteiger partial charge is 0.104 e. The number of aliphatic hydroxyl groups excluding tert-OH is 1. The van der Waals surface area contributed by atoms with Crippen LogP contribution in [0.1, 0.15) is 18.5 Å². The van der Waals surface area contributed by atoms with E-state index in [0.717, 1.165) is 5.69 Å². The van der Waals surface area contributed by atoms with Crippen LogP contribution in [0.25, 0.3) is 0 Å². The Morgan fingerprint density at radius 1 is 1.54 bits per heavy atom. The maximum absolute atomic E-state index is 9.20. The number of aliphatic hydroxyl groups is 1. The number of rotatable bonds is 1. The molecule has 1 N–H and O–H groups in total. The molecule has 13 heavy (non-hydrogen) atoms. The first-order valence-electron chi connectivity index (χ1n) is 4.28. The van der Waals surface area contributed by atoms with Crippen molar-refractivity contribution in [3.05, 3.63) is 30.1 Å². The monoisotopic (exact) mass is 174 g/mol. The first-order valence-corrected chi connectivity index (χ1v) is 4.28. The molecule has 3 nitrogen and oxygen atoms in total. The summed E-state index contributed by atoms with van der Waals surface area (Å²) in [4.78, 5) is 4.14. The number of pyridine rings is 1. The minimum absolute atomic E-state index is 0.332. The number of hydrogen-bond acceptors (Lipinski definition) is 3. The van der Waals surface area contributed by atoms with Crippen molar-refractivity contribution < 1.29 is 5.11 Å². The Morgan fingerprint density at radius 2 is 2.31 bits per heavy atom. The van der Waals surface area contributed by atoms with Gasteiger partial charge in [0.2, 0.25) is 0 Å². The second kappa shape index (κ2) is 2.82. The van der Waals surface area contributed by atoms with Gasteiger partial charge >= 0.3 is 0 Å². The normalized spacial score (nSPS) is 31.8. The van der Waals surface area contributed by atoms with Crippen molar-refractivity contribution in [2.24, 2.45) is 0 Å². The molecule has 0 unspecified atom stereocenters. The Bertz CT molecular complexity index is 336. The van der Waals surface area contributed by atoms with E-state index < -0.39 is 5.41 Å².